The number of carbonyl (C=O) groups is 2. The highest BCUT2D eigenvalue weighted by atomic mass is 35.5. The minimum absolute atomic E-state index is 0.154. The lowest BCUT2D eigenvalue weighted by atomic mass is 10.0. The molecule has 0 rings (SSSR count). The van der Waals surface area contributed by atoms with Gasteiger partial charge in [-0.2, -0.15) is 0 Å². The second kappa shape index (κ2) is 5.86. The number of halogens is 1. The van der Waals surface area contributed by atoms with Gasteiger partial charge in [0, 0.05) is 17.8 Å². The zero-order chi connectivity index (χ0) is 11.2. The molecule has 82 valence electrons. The Morgan fingerprint density at radius 2 is 1.93 bits per heavy atom. The predicted octanol–water partition coefficient (Wildman–Crippen LogP) is 1.63. The van der Waals surface area contributed by atoms with Crippen molar-refractivity contribution in [3.8, 4) is 0 Å². The van der Waals surface area contributed by atoms with Crippen LogP contribution in [0.5, 0.6) is 0 Å². The monoisotopic (exact) mass is 220 g/mol. The standard InChI is InChI=1S/C9H17ClN2O2/c1-4-9(2,3)12-8(14)11-7(13)5-6-10/h4-6H2,1-3H3,(H2,11,12,13,14). The van der Waals surface area contributed by atoms with Crippen molar-refractivity contribution in [3.05, 3.63) is 0 Å². The zero-order valence-electron chi connectivity index (χ0n) is 8.82. The molecule has 0 aliphatic heterocycles. The summed E-state index contributed by atoms with van der Waals surface area (Å²) in [7, 11) is 0. The van der Waals surface area contributed by atoms with Gasteiger partial charge in [0.1, 0.15) is 0 Å². The quantitative estimate of drug-likeness (QED) is 0.708. The number of carbonyl (C=O) groups excluding carboxylic acids is 2. The van der Waals surface area contributed by atoms with Crippen LogP contribution in [0.4, 0.5) is 4.79 Å². The molecule has 0 atom stereocenters. The van der Waals surface area contributed by atoms with Gasteiger partial charge >= 0.3 is 6.03 Å². The van der Waals surface area contributed by atoms with E-state index in [0.717, 1.165) is 6.42 Å². The summed E-state index contributed by atoms with van der Waals surface area (Å²) < 4.78 is 0. The molecule has 0 saturated carbocycles. The van der Waals surface area contributed by atoms with Crippen LogP contribution >= 0.6 is 11.6 Å². The van der Waals surface area contributed by atoms with Gasteiger partial charge in [-0.15, -0.1) is 11.6 Å². The van der Waals surface area contributed by atoms with Gasteiger partial charge in [-0.25, -0.2) is 4.79 Å². The Kier molecular flexibility index (Phi) is 5.53. The largest absolute Gasteiger partial charge is 0.333 e. The Balaban J connectivity index is 3.93. The Morgan fingerprint density at radius 1 is 1.36 bits per heavy atom. The molecule has 5 heteroatoms. The van der Waals surface area contributed by atoms with Crippen molar-refractivity contribution < 1.29 is 9.59 Å². The molecule has 3 amide bonds. The Hall–Kier alpha value is -0.770. The van der Waals surface area contributed by atoms with Gasteiger partial charge in [-0.05, 0) is 20.3 Å². The maximum Gasteiger partial charge on any atom is 0.321 e. The second-order valence-electron chi connectivity index (χ2n) is 3.68. The maximum absolute atomic E-state index is 11.2. The second-order valence-corrected chi connectivity index (χ2v) is 4.06. The van der Waals surface area contributed by atoms with Crippen molar-refractivity contribution in [2.45, 2.75) is 39.2 Å². The molecule has 0 aromatic rings. The van der Waals surface area contributed by atoms with Gasteiger partial charge in [0.2, 0.25) is 5.91 Å². The van der Waals surface area contributed by atoms with Gasteiger partial charge in [0.05, 0.1) is 0 Å². The third kappa shape index (κ3) is 5.80. The Bertz CT molecular complexity index is 217. The lowest BCUT2D eigenvalue weighted by Gasteiger charge is -2.24. The number of alkyl halides is 1. The average molecular weight is 221 g/mol. The first-order valence-corrected chi connectivity index (χ1v) is 5.12. The van der Waals surface area contributed by atoms with Crippen molar-refractivity contribution in [1.29, 1.82) is 0 Å². The van der Waals surface area contributed by atoms with E-state index in [1.165, 1.54) is 0 Å². The lowest BCUT2D eigenvalue weighted by molar-refractivity contribution is -0.119. The summed E-state index contributed by atoms with van der Waals surface area (Å²) in [4.78, 5) is 22.2. The first-order chi connectivity index (χ1) is 6.41. The molecule has 0 heterocycles. The molecular weight excluding hydrogens is 204 g/mol. The van der Waals surface area contributed by atoms with Crippen molar-refractivity contribution in [2.75, 3.05) is 5.88 Å². The highest BCUT2D eigenvalue weighted by molar-refractivity contribution is 6.19. The normalized spacial score (nSPS) is 10.9. The van der Waals surface area contributed by atoms with Crippen LogP contribution in [-0.4, -0.2) is 23.4 Å². The molecule has 0 bridgehead atoms. The van der Waals surface area contributed by atoms with E-state index in [0.29, 0.717) is 0 Å². The van der Waals surface area contributed by atoms with Gasteiger partial charge in [-0.1, -0.05) is 6.92 Å². The summed E-state index contributed by atoms with van der Waals surface area (Å²) in [6.45, 7) is 5.73. The molecule has 0 unspecified atom stereocenters. The van der Waals surface area contributed by atoms with Crippen molar-refractivity contribution in [3.63, 3.8) is 0 Å². The Morgan fingerprint density at radius 3 is 2.36 bits per heavy atom. The summed E-state index contributed by atoms with van der Waals surface area (Å²) in [5.41, 5.74) is -0.300. The fraction of sp³-hybridized carbons (Fsp3) is 0.778. The summed E-state index contributed by atoms with van der Waals surface area (Å²) in [6, 6.07) is -0.466. The van der Waals surface area contributed by atoms with E-state index in [-0.39, 0.29) is 23.7 Å². The number of hydrogen-bond acceptors (Lipinski definition) is 2. The fourth-order valence-corrected chi connectivity index (χ4v) is 0.874. The minimum Gasteiger partial charge on any atom is -0.333 e. The first-order valence-electron chi connectivity index (χ1n) is 4.59. The van der Waals surface area contributed by atoms with Crippen molar-refractivity contribution in [2.24, 2.45) is 0 Å². The van der Waals surface area contributed by atoms with Gasteiger partial charge in [0.15, 0.2) is 0 Å². The van der Waals surface area contributed by atoms with Gasteiger partial charge in [0.25, 0.3) is 0 Å². The number of urea groups is 1. The maximum atomic E-state index is 11.2. The average Bonchev–Trinajstić information content (AvgIpc) is 2.03. The van der Waals surface area contributed by atoms with Crippen LogP contribution in [0.3, 0.4) is 0 Å². The summed E-state index contributed by atoms with van der Waals surface area (Å²) in [6.07, 6.45) is 0.950. The molecule has 0 aromatic heterocycles. The topological polar surface area (TPSA) is 58.2 Å². The first kappa shape index (κ1) is 13.2. The van der Waals surface area contributed by atoms with E-state index < -0.39 is 6.03 Å². The van der Waals surface area contributed by atoms with Crippen LogP contribution in [0.1, 0.15) is 33.6 Å². The van der Waals surface area contributed by atoms with E-state index >= 15 is 0 Å². The third-order valence-corrected chi connectivity index (χ3v) is 2.10. The highest BCUT2D eigenvalue weighted by Crippen LogP contribution is 2.05. The molecule has 0 radical (unpaired) electrons. The van der Waals surface area contributed by atoms with Crippen LogP contribution in [0.15, 0.2) is 0 Å². The van der Waals surface area contributed by atoms with E-state index in [9.17, 15) is 9.59 Å². The Labute approximate surface area is 89.4 Å². The van der Waals surface area contributed by atoms with Crippen molar-refractivity contribution >= 4 is 23.5 Å². The fourth-order valence-electron chi connectivity index (χ4n) is 0.702. The molecule has 14 heavy (non-hydrogen) atoms. The van der Waals surface area contributed by atoms with Crippen LogP contribution in [0.2, 0.25) is 0 Å². The van der Waals surface area contributed by atoms with Gasteiger partial charge in [-0.3, -0.25) is 10.1 Å². The number of hydrogen-bond donors (Lipinski definition) is 2. The van der Waals surface area contributed by atoms with Gasteiger partial charge < -0.3 is 5.32 Å². The summed E-state index contributed by atoms with van der Waals surface area (Å²) >= 11 is 5.35. The lowest BCUT2D eigenvalue weighted by Crippen LogP contribution is -2.49. The van der Waals surface area contributed by atoms with Crippen molar-refractivity contribution in [1.82, 2.24) is 10.6 Å². The zero-order valence-corrected chi connectivity index (χ0v) is 9.57. The summed E-state index contributed by atoms with van der Waals surface area (Å²) in [5.74, 6) is -0.138. The molecule has 0 saturated heterocycles. The molecule has 0 aliphatic rings. The number of rotatable bonds is 4. The van der Waals surface area contributed by atoms with E-state index in [1.807, 2.05) is 20.8 Å². The molecule has 0 fully saturated rings. The van der Waals surface area contributed by atoms with Crippen LogP contribution in [0.25, 0.3) is 0 Å². The van der Waals surface area contributed by atoms with Crippen LogP contribution in [0, 0.1) is 0 Å². The molecule has 2 N–H and O–H groups in total. The number of imide groups is 1. The third-order valence-electron chi connectivity index (χ3n) is 1.91. The van der Waals surface area contributed by atoms with E-state index in [1.54, 1.807) is 0 Å². The number of nitrogens with one attached hydrogen (secondary N) is 2. The molecular formula is C9H17ClN2O2. The minimum atomic E-state index is -0.466. The van der Waals surface area contributed by atoms with E-state index in [2.05, 4.69) is 10.6 Å². The molecule has 0 aromatic carbocycles. The summed E-state index contributed by atoms with van der Waals surface area (Å²) in [5, 5.41) is 4.88. The SMILES string of the molecule is CCC(C)(C)NC(=O)NC(=O)CCCl. The highest BCUT2D eigenvalue weighted by Gasteiger charge is 2.18. The number of amides is 3. The van der Waals surface area contributed by atoms with Crippen LogP contribution in [-0.2, 0) is 4.79 Å². The smallest absolute Gasteiger partial charge is 0.321 e. The predicted molar refractivity (Wildman–Crippen MR) is 56.4 cm³/mol. The molecule has 0 spiro atoms. The van der Waals surface area contributed by atoms with E-state index in [4.69, 9.17) is 11.6 Å². The molecule has 4 nitrogen and oxygen atoms in total. The molecule has 0 aliphatic carbocycles. The van der Waals surface area contributed by atoms with Crippen LogP contribution < -0.4 is 10.6 Å².